The summed E-state index contributed by atoms with van der Waals surface area (Å²) in [5.41, 5.74) is 2.11. The third-order valence-electron chi connectivity index (χ3n) is 5.03. The van der Waals surface area contributed by atoms with Crippen molar-refractivity contribution in [1.82, 2.24) is 0 Å². The fourth-order valence-electron chi connectivity index (χ4n) is 2.96. The Labute approximate surface area is 190 Å². The van der Waals surface area contributed by atoms with Crippen molar-refractivity contribution in [3.63, 3.8) is 0 Å². The lowest BCUT2D eigenvalue weighted by Gasteiger charge is -2.26. The highest BCUT2D eigenvalue weighted by Gasteiger charge is 2.23. The van der Waals surface area contributed by atoms with Crippen LogP contribution in [-0.4, -0.2) is 56.7 Å². The number of aliphatic hydroxyl groups excluding tert-OH is 1. The molecule has 6 heteroatoms. The second-order valence-electron chi connectivity index (χ2n) is 7.68. The van der Waals surface area contributed by atoms with Crippen LogP contribution in [0.1, 0.15) is 25.0 Å². The summed E-state index contributed by atoms with van der Waals surface area (Å²) in [6.45, 7) is 5.53. The monoisotopic (exact) mass is 446 g/mol. The van der Waals surface area contributed by atoms with Crippen molar-refractivity contribution in [2.45, 2.75) is 31.5 Å². The molecule has 5 nitrogen and oxygen atoms in total. The Morgan fingerprint density at radius 3 is 1.90 bits per heavy atom. The molecule has 1 N–H and O–H groups in total. The number of aliphatic hydroxyl groups is 1. The predicted molar refractivity (Wildman–Crippen MR) is 123 cm³/mol. The number of methoxy groups -OCH3 is 1. The average molecular weight is 447 g/mol. The van der Waals surface area contributed by atoms with Gasteiger partial charge in [0, 0.05) is 12.5 Å². The molecule has 0 fully saturated rings. The minimum Gasteiger partial charge on any atom is -0.491 e. The van der Waals surface area contributed by atoms with Crippen molar-refractivity contribution in [1.29, 1.82) is 0 Å². The summed E-state index contributed by atoms with van der Waals surface area (Å²) < 4.78 is 22.0. The van der Waals surface area contributed by atoms with E-state index < -0.39 is 6.10 Å². The Bertz CT molecular complexity index is 811. The Hall–Kier alpha value is -2.23. The van der Waals surface area contributed by atoms with E-state index in [0.29, 0.717) is 19.0 Å². The highest BCUT2D eigenvalue weighted by atomic mass is 35.5. The lowest BCUT2D eigenvalue weighted by molar-refractivity contribution is -0.00637. The quantitative estimate of drug-likeness (QED) is 0.286. The van der Waals surface area contributed by atoms with Crippen LogP contribution in [0.15, 0.2) is 48.5 Å². The van der Waals surface area contributed by atoms with Gasteiger partial charge in [0.2, 0.25) is 0 Å². The van der Waals surface area contributed by atoms with Crippen LogP contribution in [0.2, 0.25) is 0 Å². The molecule has 0 unspecified atom stereocenters. The van der Waals surface area contributed by atoms with Gasteiger partial charge in [0.15, 0.2) is 0 Å². The van der Waals surface area contributed by atoms with Gasteiger partial charge in [0.05, 0.1) is 12.5 Å². The SMILES string of the molecule is C#CCOC[C@@H](COc1ccc(C(C)(C)c2ccc(OC[C@@H](O)CCl)cc2)cc1)OC. The van der Waals surface area contributed by atoms with Crippen LogP contribution >= 0.6 is 11.6 Å². The zero-order valence-electron chi connectivity index (χ0n) is 18.3. The highest BCUT2D eigenvalue weighted by molar-refractivity contribution is 6.18. The molecule has 2 aromatic carbocycles. The van der Waals surface area contributed by atoms with Gasteiger partial charge in [-0.3, -0.25) is 0 Å². The van der Waals surface area contributed by atoms with E-state index in [4.69, 9.17) is 37.0 Å². The highest BCUT2D eigenvalue weighted by Crippen LogP contribution is 2.33. The maximum absolute atomic E-state index is 9.52. The van der Waals surface area contributed by atoms with Gasteiger partial charge < -0.3 is 24.1 Å². The number of terminal acetylenes is 1. The van der Waals surface area contributed by atoms with E-state index in [1.165, 1.54) is 0 Å². The lowest BCUT2D eigenvalue weighted by atomic mass is 9.78. The van der Waals surface area contributed by atoms with E-state index in [9.17, 15) is 5.11 Å². The van der Waals surface area contributed by atoms with Crippen LogP contribution in [0.5, 0.6) is 11.5 Å². The van der Waals surface area contributed by atoms with Gasteiger partial charge in [-0.25, -0.2) is 0 Å². The summed E-state index contributed by atoms with van der Waals surface area (Å²) in [7, 11) is 1.62. The van der Waals surface area contributed by atoms with Crippen molar-refractivity contribution in [2.75, 3.05) is 39.4 Å². The zero-order chi connectivity index (χ0) is 22.7. The van der Waals surface area contributed by atoms with Crippen molar-refractivity contribution in [3.05, 3.63) is 59.7 Å². The summed E-state index contributed by atoms with van der Waals surface area (Å²) >= 11 is 5.59. The van der Waals surface area contributed by atoms with Crippen molar-refractivity contribution in [2.24, 2.45) is 0 Å². The Morgan fingerprint density at radius 2 is 1.45 bits per heavy atom. The van der Waals surface area contributed by atoms with Gasteiger partial charge in [-0.05, 0) is 35.4 Å². The molecule has 2 atom stereocenters. The van der Waals surface area contributed by atoms with Gasteiger partial charge in [0.25, 0.3) is 0 Å². The largest absolute Gasteiger partial charge is 0.491 e. The summed E-state index contributed by atoms with van der Waals surface area (Å²) in [5, 5.41) is 9.52. The fraction of sp³-hybridized carbons (Fsp3) is 0.440. The minimum absolute atomic E-state index is 0.149. The maximum atomic E-state index is 9.52. The topological polar surface area (TPSA) is 57.2 Å². The number of ether oxygens (including phenoxy) is 4. The lowest BCUT2D eigenvalue weighted by Crippen LogP contribution is -2.26. The summed E-state index contributed by atoms with van der Waals surface area (Å²) in [6.07, 6.45) is 4.33. The Kier molecular flexibility index (Phi) is 10.2. The van der Waals surface area contributed by atoms with Crippen molar-refractivity contribution in [3.8, 4) is 23.8 Å². The number of alkyl halides is 1. The van der Waals surface area contributed by atoms with Gasteiger partial charge in [0.1, 0.15) is 43.5 Å². The van der Waals surface area contributed by atoms with Crippen LogP contribution in [0.3, 0.4) is 0 Å². The van der Waals surface area contributed by atoms with E-state index in [-0.39, 0.29) is 30.6 Å². The van der Waals surface area contributed by atoms with Gasteiger partial charge in [-0.15, -0.1) is 18.0 Å². The molecule has 31 heavy (non-hydrogen) atoms. The predicted octanol–water partition coefficient (Wildman–Crippen LogP) is 4.03. The molecule has 2 aromatic rings. The first-order chi connectivity index (χ1) is 14.9. The van der Waals surface area contributed by atoms with Crippen LogP contribution in [0.4, 0.5) is 0 Å². The molecule has 0 bridgehead atoms. The Balaban J connectivity index is 1.96. The molecular weight excluding hydrogens is 416 g/mol. The molecule has 0 aromatic heterocycles. The second kappa shape index (κ2) is 12.6. The summed E-state index contributed by atoms with van der Waals surface area (Å²) in [5.74, 6) is 4.04. The molecule has 0 saturated heterocycles. The molecule has 0 spiro atoms. The summed E-state index contributed by atoms with van der Waals surface area (Å²) in [6, 6.07) is 15.9. The zero-order valence-corrected chi connectivity index (χ0v) is 19.1. The first-order valence-electron chi connectivity index (χ1n) is 10.2. The molecule has 0 heterocycles. The number of benzene rings is 2. The Morgan fingerprint density at radius 1 is 0.935 bits per heavy atom. The third kappa shape index (κ3) is 7.75. The smallest absolute Gasteiger partial charge is 0.119 e. The normalized spacial score (nSPS) is 13.3. The fourth-order valence-corrected chi connectivity index (χ4v) is 3.05. The molecule has 168 valence electrons. The molecule has 0 saturated carbocycles. The first-order valence-corrected chi connectivity index (χ1v) is 10.7. The van der Waals surface area contributed by atoms with Crippen molar-refractivity contribution >= 4 is 11.6 Å². The van der Waals surface area contributed by atoms with E-state index in [0.717, 1.165) is 16.9 Å². The maximum Gasteiger partial charge on any atom is 0.119 e. The van der Waals surface area contributed by atoms with E-state index in [1.807, 2.05) is 36.4 Å². The average Bonchev–Trinajstić information content (AvgIpc) is 2.80. The number of halogens is 1. The van der Waals surface area contributed by atoms with Crippen LogP contribution in [-0.2, 0) is 14.9 Å². The molecule has 0 aliphatic rings. The molecule has 2 rings (SSSR count). The van der Waals surface area contributed by atoms with Crippen LogP contribution < -0.4 is 9.47 Å². The van der Waals surface area contributed by atoms with Crippen LogP contribution in [0, 0.1) is 12.3 Å². The van der Waals surface area contributed by atoms with E-state index in [2.05, 4.69) is 31.9 Å². The van der Waals surface area contributed by atoms with Gasteiger partial charge in [-0.1, -0.05) is 44.0 Å². The standard InChI is InChI=1S/C25H31ClO5/c1-5-14-29-17-24(28-4)18-31-23-12-8-20(9-13-23)25(2,3)19-6-10-22(11-7-19)30-16-21(27)15-26/h1,6-13,21,24,27H,14-18H2,2-4H3/t21-,24-/m0/s1. The molecule has 0 radical (unpaired) electrons. The second-order valence-corrected chi connectivity index (χ2v) is 7.99. The minimum atomic E-state index is -0.673. The van der Waals surface area contributed by atoms with Gasteiger partial charge >= 0.3 is 0 Å². The van der Waals surface area contributed by atoms with Crippen LogP contribution in [0.25, 0.3) is 0 Å². The first kappa shape index (κ1) is 25.0. The number of hydrogen-bond donors (Lipinski definition) is 1. The number of rotatable bonds is 13. The molecule has 0 aliphatic heterocycles. The summed E-state index contributed by atoms with van der Waals surface area (Å²) in [4.78, 5) is 0. The number of hydrogen-bond acceptors (Lipinski definition) is 5. The third-order valence-corrected chi connectivity index (χ3v) is 5.39. The van der Waals surface area contributed by atoms with E-state index >= 15 is 0 Å². The molecule has 0 aliphatic carbocycles. The van der Waals surface area contributed by atoms with E-state index in [1.54, 1.807) is 7.11 Å². The van der Waals surface area contributed by atoms with Crippen molar-refractivity contribution < 1.29 is 24.1 Å². The van der Waals surface area contributed by atoms with Gasteiger partial charge in [-0.2, -0.15) is 0 Å². The molecule has 0 amide bonds. The molecular formula is C25H31ClO5.